The normalized spacial score (nSPS) is 27.1. The largest absolute Gasteiger partial charge is 0.496 e. The molecule has 4 N–H and O–H groups in total. The molecule has 2 bridgehead atoms. The van der Waals surface area contributed by atoms with Crippen molar-refractivity contribution in [1.82, 2.24) is 15.3 Å². The lowest BCUT2D eigenvalue weighted by Gasteiger charge is -2.59. The molecule has 53 heavy (non-hydrogen) atoms. The van der Waals surface area contributed by atoms with Gasteiger partial charge in [-0.1, -0.05) is 52.8 Å². The van der Waals surface area contributed by atoms with Crippen molar-refractivity contribution in [2.75, 3.05) is 53.3 Å². The third-order valence-electron chi connectivity index (χ3n) is 12.1. The number of aliphatic hydroxyl groups is 1. The molecule has 4 fully saturated rings. The zero-order valence-electron chi connectivity index (χ0n) is 33.8. The molecule has 3 saturated carbocycles. The molecule has 1 aliphatic heterocycles. The molecule has 2 aromatic carbocycles. The lowest BCUT2D eigenvalue weighted by Crippen LogP contribution is -2.55. The predicted molar refractivity (Wildman–Crippen MR) is 212 cm³/mol. The number of hydrogen-bond acceptors (Lipinski definition) is 9. The number of carbonyl (C=O) groups is 2. The zero-order chi connectivity index (χ0) is 38.9. The molecule has 0 radical (unpaired) electrons. The summed E-state index contributed by atoms with van der Waals surface area (Å²) in [6, 6.07) is 10.9. The first-order valence-electron chi connectivity index (χ1n) is 19.3. The molecule has 0 aromatic heterocycles. The summed E-state index contributed by atoms with van der Waals surface area (Å²) in [5, 5.41) is 15.9. The molecule has 4 aliphatic rings. The molecule has 2 aromatic rings. The number of hydrogen-bond donors (Lipinski definition) is 3. The number of para-hydroxylation sites is 1. The van der Waals surface area contributed by atoms with Gasteiger partial charge in [0.15, 0.2) is 0 Å². The van der Waals surface area contributed by atoms with Gasteiger partial charge >= 0.3 is 0 Å². The minimum atomic E-state index is -0.844. The number of likely N-dealkylation sites (N-methyl/N-ethyl adjacent to an activating group) is 1. The van der Waals surface area contributed by atoms with Gasteiger partial charge in [0.25, 0.3) is 11.8 Å². The van der Waals surface area contributed by atoms with Gasteiger partial charge in [-0.05, 0) is 93.1 Å². The van der Waals surface area contributed by atoms with Crippen LogP contribution in [-0.4, -0.2) is 105 Å². The minimum Gasteiger partial charge on any atom is -0.496 e. The van der Waals surface area contributed by atoms with E-state index in [1.54, 1.807) is 19.1 Å². The molecule has 292 valence electrons. The second-order valence-corrected chi connectivity index (χ2v) is 17.2. The molecular formula is C42H64N6O5. The van der Waals surface area contributed by atoms with Gasteiger partial charge in [0.2, 0.25) is 0 Å². The highest BCUT2D eigenvalue weighted by Gasteiger charge is 2.56. The van der Waals surface area contributed by atoms with Crippen molar-refractivity contribution in [2.45, 2.75) is 91.6 Å². The van der Waals surface area contributed by atoms with Crippen LogP contribution in [0.25, 0.3) is 11.1 Å². The third kappa shape index (κ3) is 8.65. The second-order valence-electron chi connectivity index (χ2n) is 17.2. The van der Waals surface area contributed by atoms with Crippen LogP contribution in [0.3, 0.4) is 0 Å². The van der Waals surface area contributed by atoms with Crippen LogP contribution in [0.5, 0.6) is 5.75 Å². The number of benzene rings is 2. The highest BCUT2D eigenvalue weighted by atomic mass is 16.7. The van der Waals surface area contributed by atoms with E-state index < -0.39 is 24.2 Å². The fraction of sp³-hybridized carbons (Fsp3) is 0.643. The molecule has 6 rings (SSSR count). The van der Waals surface area contributed by atoms with Gasteiger partial charge in [0.05, 0.1) is 25.9 Å². The summed E-state index contributed by atoms with van der Waals surface area (Å²) in [4.78, 5) is 43.3. The molecular weight excluding hydrogens is 668 g/mol. The van der Waals surface area contributed by atoms with Gasteiger partial charge in [-0.2, -0.15) is 5.06 Å². The summed E-state index contributed by atoms with van der Waals surface area (Å²) in [6.07, 6.45) is 1.47. The van der Waals surface area contributed by atoms with Crippen molar-refractivity contribution in [1.29, 1.82) is 0 Å². The number of aliphatic hydroxyl groups excluding tert-OH is 1. The van der Waals surface area contributed by atoms with E-state index in [-0.39, 0.29) is 42.3 Å². The summed E-state index contributed by atoms with van der Waals surface area (Å²) < 4.78 is 6.10. The van der Waals surface area contributed by atoms with E-state index >= 15 is 0 Å². The molecule has 0 spiro atoms. The SMILES string of the molecule is COc1c(CN2O[C@@H](CN)[C@@H]([C@H](C)O)[C@H]2C(=O)N=C2C[C@H]3C[C@@H]([C@@H]2C)C3(C)C)cccc1-c1cc(C(=O)N[C@H](CC(C)C)CN(C)C)cc(N(C)C)c1. The van der Waals surface area contributed by atoms with Gasteiger partial charge in [-0.3, -0.25) is 14.4 Å². The van der Waals surface area contributed by atoms with E-state index in [1.165, 1.54) is 6.42 Å². The first-order valence-corrected chi connectivity index (χ1v) is 19.3. The van der Waals surface area contributed by atoms with Crippen LogP contribution >= 0.6 is 0 Å². The van der Waals surface area contributed by atoms with Crippen molar-refractivity contribution in [3.63, 3.8) is 0 Å². The van der Waals surface area contributed by atoms with E-state index in [4.69, 9.17) is 20.3 Å². The standard InChI is InChI=1S/C42H64N6O5/c1-24(2)15-31(23-46(7)8)44-40(50)29-16-28(17-32(18-29)47(9)10)33-14-12-13-27(39(33)52-11)22-48-38(37(26(4)49)36(21-43)53-48)41(51)45-35-20-30-19-34(25(35)3)42(30,5)6/h12-14,16-18,24-26,30-31,34,36-38,49H,15,19-23,43H2,1-11H3,(H,44,50)/t25-,26-,30+,31+,34-,36-,37+,38-/m0/s1. The van der Waals surface area contributed by atoms with Gasteiger partial charge in [0, 0.05) is 67.2 Å². The summed E-state index contributed by atoms with van der Waals surface area (Å²) >= 11 is 0. The Hall–Kier alpha value is -3.35. The Morgan fingerprint density at radius 3 is 2.43 bits per heavy atom. The molecule has 11 heteroatoms. The Bertz CT molecular complexity index is 1640. The minimum absolute atomic E-state index is 0.00440. The molecule has 11 nitrogen and oxygen atoms in total. The van der Waals surface area contributed by atoms with Crippen LogP contribution in [-0.2, 0) is 16.2 Å². The maximum Gasteiger partial charge on any atom is 0.265 e. The summed E-state index contributed by atoms with van der Waals surface area (Å²) in [7, 11) is 9.57. The summed E-state index contributed by atoms with van der Waals surface area (Å²) in [5.41, 5.74) is 11.2. The highest BCUT2D eigenvalue weighted by Crippen LogP contribution is 2.60. The number of anilines is 1. The Kier molecular flexibility index (Phi) is 12.8. The fourth-order valence-corrected chi connectivity index (χ4v) is 9.14. The molecule has 2 amide bonds. The number of nitrogens with one attached hydrogen (secondary N) is 1. The topological polar surface area (TPSA) is 133 Å². The number of nitrogens with two attached hydrogens (primary N) is 1. The van der Waals surface area contributed by atoms with E-state index in [1.807, 2.05) is 69.5 Å². The number of rotatable bonds is 14. The first kappa shape index (κ1) is 40.8. The number of fused-ring (bicyclic) bond motifs is 2. The average molecular weight is 733 g/mol. The number of nitrogens with zero attached hydrogens (tertiary/aromatic N) is 4. The molecule has 3 aliphatic carbocycles. The number of hydroxylamine groups is 2. The maximum absolute atomic E-state index is 14.2. The Labute approximate surface area is 317 Å². The number of methoxy groups -OCH3 is 1. The molecule has 1 heterocycles. The Balaban J connectivity index is 1.48. The van der Waals surface area contributed by atoms with Gasteiger partial charge < -0.3 is 30.7 Å². The number of carbonyl (C=O) groups excluding carboxylic acids is 2. The number of ether oxygens (including phenoxy) is 1. The van der Waals surface area contributed by atoms with Crippen molar-refractivity contribution in [2.24, 2.45) is 45.7 Å². The molecule has 0 unspecified atom stereocenters. The quantitative estimate of drug-likeness (QED) is 0.239. The lowest BCUT2D eigenvalue weighted by atomic mass is 9.45. The van der Waals surface area contributed by atoms with Crippen LogP contribution in [0.2, 0.25) is 0 Å². The van der Waals surface area contributed by atoms with E-state index in [2.05, 4.69) is 44.8 Å². The van der Waals surface area contributed by atoms with Gasteiger partial charge in [0.1, 0.15) is 11.8 Å². The number of aliphatic imine (C=N–C) groups is 1. The van der Waals surface area contributed by atoms with E-state index in [9.17, 15) is 14.7 Å². The molecule has 1 saturated heterocycles. The monoisotopic (exact) mass is 732 g/mol. The first-order chi connectivity index (χ1) is 25.0. The van der Waals surface area contributed by atoms with Gasteiger partial charge in [-0.25, -0.2) is 4.99 Å². The summed E-state index contributed by atoms with van der Waals surface area (Å²) in [6.45, 7) is 14.0. The smallest absolute Gasteiger partial charge is 0.265 e. The van der Waals surface area contributed by atoms with E-state index in [0.29, 0.717) is 29.1 Å². The average Bonchev–Trinajstić information content (AvgIpc) is 3.46. The third-order valence-corrected chi connectivity index (χ3v) is 12.1. The van der Waals surface area contributed by atoms with Crippen LogP contribution in [0.1, 0.15) is 76.7 Å². The highest BCUT2D eigenvalue weighted by molar-refractivity contribution is 6.00. The Morgan fingerprint density at radius 2 is 1.87 bits per heavy atom. The van der Waals surface area contributed by atoms with Crippen LogP contribution in [0, 0.1) is 35.0 Å². The number of amides is 2. The summed E-state index contributed by atoms with van der Waals surface area (Å²) in [5.74, 6) is 1.31. The zero-order valence-corrected chi connectivity index (χ0v) is 33.8. The molecule has 8 atom stereocenters. The predicted octanol–water partition coefficient (Wildman–Crippen LogP) is 5.24. The van der Waals surface area contributed by atoms with Gasteiger partial charge in [-0.15, -0.1) is 0 Å². The van der Waals surface area contributed by atoms with Crippen LogP contribution < -0.4 is 20.7 Å². The van der Waals surface area contributed by atoms with Crippen molar-refractivity contribution >= 4 is 23.2 Å². The van der Waals surface area contributed by atoms with Crippen molar-refractivity contribution in [3.05, 3.63) is 47.5 Å². The lowest BCUT2D eigenvalue weighted by molar-refractivity contribution is -0.172. The van der Waals surface area contributed by atoms with Crippen molar-refractivity contribution in [3.8, 4) is 16.9 Å². The van der Waals surface area contributed by atoms with Crippen LogP contribution in [0.4, 0.5) is 5.69 Å². The van der Waals surface area contributed by atoms with Crippen molar-refractivity contribution < 1.29 is 24.3 Å². The Morgan fingerprint density at radius 1 is 1.15 bits per heavy atom. The second kappa shape index (κ2) is 16.6. The fourth-order valence-electron chi connectivity index (χ4n) is 9.14. The van der Waals surface area contributed by atoms with Crippen LogP contribution in [0.15, 0.2) is 41.4 Å². The maximum atomic E-state index is 14.2. The van der Waals surface area contributed by atoms with E-state index in [0.717, 1.165) is 47.5 Å².